The summed E-state index contributed by atoms with van der Waals surface area (Å²) in [6, 6.07) is 12.3. The van der Waals surface area contributed by atoms with Gasteiger partial charge in [0.2, 0.25) is 0 Å². The van der Waals surface area contributed by atoms with E-state index in [1.807, 2.05) is 0 Å². The molecule has 2 atom stereocenters. The lowest BCUT2D eigenvalue weighted by atomic mass is 10.1. The molecule has 2 N–H and O–H groups in total. The number of nitro groups is 1. The van der Waals surface area contributed by atoms with Gasteiger partial charge in [0.05, 0.1) is 16.0 Å². The Morgan fingerprint density at radius 1 is 1.28 bits per heavy atom. The average Bonchev–Trinajstić information content (AvgIpc) is 2.61. The zero-order valence-electron chi connectivity index (χ0n) is 13.4. The maximum Gasteiger partial charge on any atom is 0.269 e. The molecule has 0 unspecified atom stereocenters. The highest BCUT2D eigenvalue weighted by Crippen LogP contribution is 2.24. The number of hydrogen-bond acceptors (Lipinski definition) is 5. The van der Waals surface area contributed by atoms with Crippen molar-refractivity contribution in [3.63, 3.8) is 0 Å². The largest absolute Gasteiger partial charge is 0.479 e. The standard InChI is InChI=1S/C17H17ClN2O5/c1-11(25-16-5-3-2-4-14(16)18)17(22)19-10-15(21)12-6-8-13(9-7-12)20(23)24/h2-9,11,15,21H,10H2,1H3,(H,19,22)/t11-,15+/m1/s1. The van der Waals surface area contributed by atoms with Crippen LogP contribution in [0.15, 0.2) is 48.5 Å². The molecule has 7 nitrogen and oxygen atoms in total. The van der Waals surface area contributed by atoms with Gasteiger partial charge < -0.3 is 15.2 Å². The molecule has 0 saturated heterocycles. The Balaban J connectivity index is 1.88. The Morgan fingerprint density at radius 2 is 1.92 bits per heavy atom. The lowest BCUT2D eigenvalue weighted by molar-refractivity contribution is -0.384. The van der Waals surface area contributed by atoms with Crippen molar-refractivity contribution in [2.24, 2.45) is 0 Å². The van der Waals surface area contributed by atoms with Crippen LogP contribution >= 0.6 is 11.6 Å². The number of halogens is 1. The lowest BCUT2D eigenvalue weighted by Crippen LogP contribution is -2.38. The Kier molecular flexibility index (Phi) is 6.32. The quantitative estimate of drug-likeness (QED) is 0.581. The van der Waals surface area contributed by atoms with Crippen molar-refractivity contribution in [1.82, 2.24) is 5.32 Å². The van der Waals surface area contributed by atoms with Crippen molar-refractivity contribution >= 4 is 23.2 Å². The molecular formula is C17H17ClN2O5. The second-order valence-corrected chi connectivity index (χ2v) is 5.71. The van der Waals surface area contributed by atoms with Crippen molar-refractivity contribution in [3.8, 4) is 5.75 Å². The fraction of sp³-hybridized carbons (Fsp3) is 0.235. The van der Waals surface area contributed by atoms with E-state index in [2.05, 4.69) is 5.32 Å². The summed E-state index contributed by atoms with van der Waals surface area (Å²) < 4.78 is 5.49. The molecule has 2 aromatic carbocycles. The number of nitrogens with one attached hydrogen (secondary N) is 1. The Bertz CT molecular complexity index is 751. The third-order valence-corrected chi connectivity index (χ3v) is 3.78. The minimum Gasteiger partial charge on any atom is -0.479 e. The van der Waals surface area contributed by atoms with Crippen LogP contribution in [-0.2, 0) is 4.79 Å². The van der Waals surface area contributed by atoms with Crippen LogP contribution in [0.3, 0.4) is 0 Å². The van der Waals surface area contributed by atoms with E-state index in [1.54, 1.807) is 31.2 Å². The molecule has 8 heteroatoms. The molecule has 0 spiro atoms. The van der Waals surface area contributed by atoms with Gasteiger partial charge in [-0.2, -0.15) is 0 Å². The molecule has 1 amide bonds. The average molecular weight is 365 g/mol. The SMILES string of the molecule is C[C@@H](Oc1ccccc1Cl)C(=O)NC[C@H](O)c1ccc([N+](=O)[O-])cc1. The number of nitrogens with zero attached hydrogens (tertiary/aromatic N) is 1. The fourth-order valence-corrected chi connectivity index (χ4v) is 2.24. The van der Waals surface area contributed by atoms with E-state index in [9.17, 15) is 20.0 Å². The number of rotatable bonds is 7. The molecule has 25 heavy (non-hydrogen) atoms. The van der Waals surface area contributed by atoms with Crippen molar-refractivity contribution in [1.29, 1.82) is 0 Å². The summed E-state index contributed by atoms with van der Waals surface area (Å²) in [7, 11) is 0. The summed E-state index contributed by atoms with van der Waals surface area (Å²) in [5.41, 5.74) is 0.396. The van der Waals surface area contributed by atoms with E-state index in [-0.39, 0.29) is 12.2 Å². The van der Waals surface area contributed by atoms with Crippen molar-refractivity contribution in [3.05, 3.63) is 69.2 Å². The highest BCUT2D eigenvalue weighted by Gasteiger charge is 2.18. The van der Waals surface area contributed by atoms with E-state index < -0.39 is 23.0 Å². The Morgan fingerprint density at radius 3 is 2.52 bits per heavy atom. The van der Waals surface area contributed by atoms with Gasteiger partial charge in [-0.25, -0.2) is 0 Å². The van der Waals surface area contributed by atoms with Crippen molar-refractivity contribution in [2.45, 2.75) is 19.1 Å². The van der Waals surface area contributed by atoms with E-state index >= 15 is 0 Å². The molecule has 0 fully saturated rings. The number of aliphatic hydroxyl groups excluding tert-OH is 1. The van der Waals surface area contributed by atoms with Crippen LogP contribution in [-0.4, -0.2) is 28.6 Å². The number of para-hydroxylation sites is 1. The minimum atomic E-state index is -0.989. The highest BCUT2D eigenvalue weighted by molar-refractivity contribution is 6.32. The lowest BCUT2D eigenvalue weighted by Gasteiger charge is -2.17. The maximum absolute atomic E-state index is 12.1. The van der Waals surface area contributed by atoms with Gasteiger partial charge in [-0.3, -0.25) is 14.9 Å². The normalized spacial score (nSPS) is 12.9. The summed E-state index contributed by atoms with van der Waals surface area (Å²) in [5.74, 6) is -0.0244. The number of amides is 1. The second kappa shape index (κ2) is 8.46. The van der Waals surface area contributed by atoms with Crippen LogP contribution in [0, 0.1) is 10.1 Å². The van der Waals surface area contributed by atoms with Gasteiger partial charge in [0.1, 0.15) is 5.75 Å². The third kappa shape index (κ3) is 5.17. The molecule has 0 radical (unpaired) electrons. The van der Waals surface area contributed by atoms with Gasteiger partial charge >= 0.3 is 0 Å². The molecule has 0 saturated carbocycles. The zero-order valence-corrected chi connectivity index (χ0v) is 14.1. The number of aliphatic hydroxyl groups is 1. The summed E-state index contributed by atoms with van der Waals surface area (Å²) in [6.07, 6.45) is -1.79. The van der Waals surface area contributed by atoms with Gasteiger partial charge in [-0.15, -0.1) is 0 Å². The Labute approximate surface area is 149 Å². The molecule has 0 aliphatic heterocycles. The van der Waals surface area contributed by atoms with Crippen molar-refractivity contribution in [2.75, 3.05) is 6.54 Å². The Hall–Kier alpha value is -2.64. The first kappa shape index (κ1) is 18.7. The summed E-state index contributed by atoms with van der Waals surface area (Å²) >= 11 is 5.97. The van der Waals surface area contributed by atoms with Gasteiger partial charge in [0.25, 0.3) is 11.6 Å². The molecule has 2 rings (SSSR count). The monoisotopic (exact) mass is 364 g/mol. The predicted octanol–water partition coefficient (Wildman–Crippen LogP) is 2.87. The van der Waals surface area contributed by atoms with Crippen LogP contribution in [0.4, 0.5) is 5.69 Å². The molecule has 0 bridgehead atoms. The molecule has 0 heterocycles. The van der Waals surface area contributed by atoms with E-state index in [0.717, 1.165) is 0 Å². The van der Waals surface area contributed by atoms with Crippen LogP contribution in [0.2, 0.25) is 5.02 Å². The number of hydrogen-bond donors (Lipinski definition) is 2. The van der Waals surface area contributed by atoms with Gasteiger partial charge in [-0.1, -0.05) is 23.7 Å². The fourth-order valence-electron chi connectivity index (χ4n) is 2.06. The molecule has 0 aliphatic carbocycles. The minimum absolute atomic E-state index is 0.0487. The van der Waals surface area contributed by atoms with Crippen LogP contribution in [0.25, 0.3) is 0 Å². The zero-order chi connectivity index (χ0) is 18.4. The summed E-state index contributed by atoms with van der Waals surface area (Å²) in [5, 5.41) is 23.6. The van der Waals surface area contributed by atoms with Gasteiger partial charge in [-0.05, 0) is 36.8 Å². The number of ether oxygens (including phenoxy) is 1. The molecule has 2 aromatic rings. The van der Waals surface area contributed by atoms with E-state index in [4.69, 9.17) is 16.3 Å². The second-order valence-electron chi connectivity index (χ2n) is 5.30. The first-order chi connectivity index (χ1) is 11.9. The molecule has 0 aromatic heterocycles. The number of non-ortho nitro benzene ring substituents is 1. The van der Waals surface area contributed by atoms with Gasteiger partial charge in [0.15, 0.2) is 6.10 Å². The third-order valence-electron chi connectivity index (χ3n) is 3.47. The van der Waals surface area contributed by atoms with Crippen LogP contribution < -0.4 is 10.1 Å². The van der Waals surface area contributed by atoms with E-state index in [1.165, 1.54) is 24.3 Å². The number of carbonyl (C=O) groups excluding carboxylic acids is 1. The summed E-state index contributed by atoms with van der Waals surface area (Å²) in [6.45, 7) is 1.52. The topological polar surface area (TPSA) is 102 Å². The van der Waals surface area contributed by atoms with Crippen molar-refractivity contribution < 1.29 is 19.6 Å². The van der Waals surface area contributed by atoms with E-state index in [0.29, 0.717) is 16.3 Å². The number of carbonyl (C=O) groups is 1. The number of nitro benzene ring substituents is 1. The summed E-state index contributed by atoms with van der Waals surface area (Å²) in [4.78, 5) is 22.1. The first-order valence-corrected chi connectivity index (χ1v) is 7.87. The molecular weight excluding hydrogens is 348 g/mol. The number of benzene rings is 2. The maximum atomic E-state index is 12.1. The molecule has 0 aliphatic rings. The molecule has 132 valence electrons. The first-order valence-electron chi connectivity index (χ1n) is 7.50. The highest BCUT2D eigenvalue weighted by atomic mass is 35.5. The van der Waals surface area contributed by atoms with Crippen LogP contribution in [0.5, 0.6) is 5.75 Å². The van der Waals surface area contributed by atoms with Crippen LogP contribution in [0.1, 0.15) is 18.6 Å². The van der Waals surface area contributed by atoms with Gasteiger partial charge in [0, 0.05) is 18.7 Å². The predicted molar refractivity (Wildman–Crippen MR) is 92.6 cm³/mol. The smallest absolute Gasteiger partial charge is 0.269 e.